The van der Waals surface area contributed by atoms with Crippen molar-refractivity contribution in [1.29, 1.82) is 0 Å². The van der Waals surface area contributed by atoms with Crippen LogP contribution >= 0.6 is 0 Å². The van der Waals surface area contributed by atoms with Gasteiger partial charge in [-0.25, -0.2) is 4.98 Å². The minimum Gasteiger partial charge on any atom is -0.480 e. The van der Waals surface area contributed by atoms with Gasteiger partial charge in [0.25, 0.3) is 5.91 Å². The summed E-state index contributed by atoms with van der Waals surface area (Å²) in [6.45, 7) is 0.360. The van der Waals surface area contributed by atoms with Crippen molar-refractivity contribution in [1.82, 2.24) is 4.98 Å². The van der Waals surface area contributed by atoms with Crippen LogP contribution in [0.4, 0.5) is 11.6 Å². The van der Waals surface area contributed by atoms with Crippen molar-refractivity contribution in [3.63, 3.8) is 0 Å². The fourth-order valence-electron chi connectivity index (χ4n) is 3.19. The number of carbonyl (C=O) groups is 2. The van der Waals surface area contributed by atoms with Crippen molar-refractivity contribution in [3.05, 3.63) is 12.1 Å². The lowest BCUT2D eigenvalue weighted by molar-refractivity contribution is -0.118. The fourth-order valence-corrected chi connectivity index (χ4v) is 3.19. The summed E-state index contributed by atoms with van der Waals surface area (Å²) in [6.07, 6.45) is 4.04. The molecule has 0 spiro atoms. The van der Waals surface area contributed by atoms with Crippen molar-refractivity contribution in [3.8, 4) is 5.75 Å². The van der Waals surface area contributed by atoms with Crippen LogP contribution in [0, 0.1) is 0 Å². The maximum atomic E-state index is 11.6. The molecular weight excluding hydrogens is 312 g/mol. The van der Waals surface area contributed by atoms with E-state index in [1.54, 1.807) is 19.2 Å². The first-order chi connectivity index (χ1) is 11.5. The third-order valence-electron chi connectivity index (χ3n) is 4.71. The quantitative estimate of drug-likeness (QED) is 0.766. The number of aromatic nitrogens is 1. The van der Waals surface area contributed by atoms with Gasteiger partial charge < -0.3 is 20.5 Å². The van der Waals surface area contributed by atoms with Crippen LogP contribution in [-0.2, 0) is 14.3 Å². The Labute approximate surface area is 140 Å². The number of fused-ring (bicyclic) bond motifs is 1. The molecule has 1 aromatic rings. The Morgan fingerprint density at radius 2 is 2.25 bits per heavy atom. The van der Waals surface area contributed by atoms with E-state index in [1.165, 1.54) is 4.90 Å². The Morgan fingerprint density at radius 3 is 2.92 bits per heavy atom. The van der Waals surface area contributed by atoms with Gasteiger partial charge in [0.2, 0.25) is 6.41 Å². The normalized spacial score (nSPS) is 26.1. The average molecular weight is 334 g/mol. The summed E-state index contributed by atoms with van der Waals surface area (Å²) in [5.41, 5.74) is 5.55. The van der Waals surface area contributed by atoms with Gasteiger partial charge in [0.15, 0.2) is 18.2 Å². The molecule has 1 aliphatic heterocycles. The number of nitrogens with zero attached hydrogens (tertiary/aromatic N) is 2. The molecule has 24 heavy (non-hydrogen) atoms. The topological polar surface area (TPSA) is 107 Å². The largest absolute Gasteiger partial charge is 0.480 e. The predicted molar refractivity (Wildman–Crippen MR) is 88.0 cm³/mol. The molecule has 2 amide bonds. The van der Waals surface area contributed by atoms with Crippen LogP contribution in [0.5, 0.6) is 5.75 Å². The number of carbonyl (C=O) groups excluding carboxylic acids is 2. The maximum Gasteiger partial charge on any atom is 0.263 e. The second-order valence-corrected chi connectivity index (χ2v) is 6.31. The number of rotatable bonds is 5. The van der Waals surface area contributed by atoms with E-state index >= 15 is 0 Å². The number of ether oxygens (including phenoxy) is 2. The Hall–Kier alpha value is -2.19. The smallest absolute Gasteiger partial charge is 0.263 e. The second kappa shape index (κ2) is 6.74. The third-order valence-corrected chi connectivity index (χ3v) is 4.71. The summed E-state index contributed by atoms with van der Waals surface area (Å²) >= 11 is 0. The first kappa shape index (κ1) is 16.7. The third kappa shape index (κ3) is 3.34. The van der Waals surface area contributed by atoms with Crippen LogP contribution in [0.15, 0.2) is 12.1 Å². The lowest BCUT2D eigenvalue weighted by Gasteiger charge is -2.40. The van der Waals surface area contributed by atoms with Crippen molar-refractivity contribution in [2.24, 2.45) is 5.73 Å². The minimum absolute atomic E-state index is 0.0293. The van der Waals surface area contributed by atoms with Gasteiger partial charge in [0.1, 0.15) is 5.82 Å². The molecule has 1 fully saturated rings. The highest BCUT2D eigenvalue weighted by Crippen LogP contribution is 2.33. The minimum atomic E-state index is -0.423. The molecule has 0 aromatic carbocycles. The number of anilines is 2. The van der Waals surface area contributed by atoms with Gasteiger partial charge in [0, 0.05) is 13.2 Å². The number of pyridine rings is 1. The summed E-state index contributed by atoms with van der Waals surface area (Å²) in [5.74, 6) is 1.00. The van der Waals surface area contributed by atoms with E-state index in [9.17, 15) is 9.59 Å². The Morgan fingerprint density at radius 1 is 1.50 bits per heavy atom. The van der Waals surface area contributed by atoms with E-state index < -0.39 is 5.60 Å². The van der Waals surface area contributed by atoms with Gasteiger partial charge in [-0.15, -0.1) is 0 Å². The van der Waals surface area contributed by atoms with Crippen molar-refractivity contribution < 1.29 is 19.1 Å². The zero-order chi connectivity index (χ0) is 17.2. The van der Waals surface area contributed by atoms with Crippen molar-refractivity contribution in [2.75, 3.05) is 30.5 Å². The van der Waals surface area contributed by atoms with Crippen LogP contribution in [0.25, 0.3) is 0 Å². The number of nitrogens with one attached hydrogen (secondary N) is 1. The SMILES string of the molecule is COC1(CN(C=O)c2ccc3c(n2)NC(=O)CO3)CCC(N)CC1. The molecule has 3 N–H and O–H groups in total. The molecular formula is C16H22N4O4. The van der Waals surface area contributed by atoms with Gasteiger partial charge in [0.05, 0.1) is 12.1 Å². The van der Waals surface area contributed by atoms with Crippen LogP contribution in [-0.4, -0.2) is 49.2 Å². The van der Waals surface area contributed by atoms with Crippen LogP contribution < -0.4 is 20.7 Å². The van der Waals surface area contributed by atoms with Gasteiger partial charge in [-0.3, -0.25) is 14.5 Å². The fraction of sp³-hybridized carbons (Fsp3) is 0.562. The Balaban J connectivity index is 1.80. The summed E-state index contributed by atoms with van der Waals surface area (Å²) < 4.78 is 11.0. The first-order valence-corrected chi connectivity index (χ1v) is 8.01. The molecule has 0 saturated heterocycles. The summed E-state index contributed by atoms with van der Waals surface area (Å²) in [7, 11) is 1.66. The van der Waals surface area contributed by atoms with E-state index in [2.05, 4.69) is 10.3 Å². The highest BCUT2D eigenvalue weighted by atomic mass is 16.5. The monoisotopic (exact) mass is 334 g/mol. The van der Waals surface area contributed by atoms with Crippen LogP contribution in [0.2, 0.25) is 0 Å². The molecule has 0 radical (unpaired) electrons. The highest BCUT2D eigenvalue weighted by molar-refractivity contribution is 5.94. The molecule has 2 heterocycles. The van der Waals surface area contributed by atoms with Crippen molar-refractivity contribution >= 4 is 24.0 Å². The van der Waals surface area contributed by atoms with Crippen LogP contribution in [0.1, 0.15) is 25.7 Å². The molecule has 130 valence electrons. The van der Waals surface area contributed by atoms with E-state index in [0.717, 1.165) is 32.1 Å². The molecule has 8 heteroatoms. The van der Waals surface area contributed by atoms with E-state index in [-0.39, 0.29) is 18.6 Å². The number of hydrogen-bond acceptors (Lipinski definition) is 6. The Bertz CT molecular complexity index is 629. The first-order valence-electron chi connectivity index (χ1n) is 8.01. The van der Waals surface area contributed by atoms with Gasteiger partial charge >= 0.3 is 0 Å². The van der Waals surface area contributed by atoms with Gasteiger partial charge in [-0.05, 0) is 37.8 Å². The molecule has 1 aliphatic carbocycles. The number of methoxy groups -OCH3 is 1. The predicted octanol–water partition coefficient (Wildman–Crippen LogP) is 0.662. The number of hydrogen-bond donors (Lipinski definition) is 2. The molecule has 0 atom stereocenters. The Kier molecular flexibility index (Phi) is 4.68. The molecule has 8 nitrogen and oxygen atoms in total. The zero-order valence-electron chi connectivity index (χ0n) is 13.7. The summed E-state index contributed by atoms with van der Waals surface area (Å²) in [5, 5.41) is 2.65. The molecule has 0 bridgehead atoms. The van der Waals surface area contributed by atoms with E-state index in [1.807, 2.05) is 0 Å². The zero-order valence-corrected chi connectivity index (χ0v) is 13.7. The van der Waals surface area contributed by atoms with E-state index in [0.29, 0.717) is 23.9 Å². The lowest BCUT2D eigenvalue weighted by Crippen LogP contribution is -2.49. The average Bonchev–Trinajstić information content (AvgIpc) is 2.61. The van der Waals surface area contributed by atoms with E-state index in [4.69, 9.17) is 15.2 Å². The molecule has 0 unspecified atom stereocenters. The molecule has 1 saturated carbocycles. The molecule has 3 rings (SSSR count). The standard InChI is InChI=1S/C16H22N4O4/c1-23-16(6-4-11(17)5-7-16)9-20(10-21)13-3-2-12-15(18-13)19-14(22)8-24-12/h2-3,10-11H,4-9,17H2,1H3,(H,18,19,22). The number of amides is 2. The summed E-state index contributed by atoms with van der Waals surface area (Å²) in [6, 6.07) is 3.58. The second-order valence-electron chi connectivity index (χ2n) is 6.31. The lowest BCUT2D eigenvalue weighted by atomic mass is 9.82. The highest BCUT2D eigenvalue weighted by Gasteiger charge is 2.36. The molecule has 2 aliphatic rings. The van der Waals surface area contributed by atoms with Crippen molar-refractivity contribution in [2.45, 2.75) is 37.3 Å². The maximum absolute atomic E-state index is 11.6. The number of nitrogens with two attached hydrogens (primary N) is 1. The molecule has 1 aromatic heterocycles. The van der Waals surface area contributed by atoms with Gasteiger partial charge in [-0.1, -0.05) is 0 Å². The van der Waals surface area contributed by atoms with Crippen LogP contribution in [0.3, 0.4) is 0 Å². The van der Waals surface area contributed by atoms with Gasteiger partial charge in [-0.2, -0.15) is 0 Å². The summed E-state index contributed by atoms with van der Waals surface area (Å²) in [4.78, 5) is 28.9.